The monoisotopic (exact) mass is 221 g/mol. The smallest absolute Gasteiger partial charge is 0.163 e. The molecule has 0 aliphatic carbocycles. The van der Waals surface area contributed by atoms with E-state index in [1.807, 2.05) is 19.2 Å². The van der Waals surface area contributed by atoms with Gasteiger partial charge in [-0.15, -0.1) is 0 Å². The van der Waals surface area contributed by atoms with E-state index in [1.165, 1.54) is 0 Å². The molecule has 0 bridgehead atoms. The number of hydrogen-bond acceptors (Lipinski definition) is 3. The molecule has 3 heteroatoms. The van der Waals surface area contributed by atoms with Gasteiger partial charge in [0.2, 0.25) is 0 Å². The second-order valence-corrected chi connectivity index (χ2v) is 3.80. The van der Waals surface area contributed by atoms with Crippen LogP contribution in [0.3, 0.4) is 0 Å². The Hall–Kier alpha value is -1.19. The van der Waals surface area contributed by atoms with Gasteiger partial charge >= 0.3 is 0 Å². The van der Waals surface area contributed by atoms with E-state index in [2.05, 4.69) is 5.32 Å². The molecular weight excluding hydrogens is 202 g/mol. The van der Waals surface area contributed by atoms with Gasteiger partial charge in [-0.1, -0.05) is 24.3 Å². The fraction of sp³-hybridized carbons (Fsp3) is 0.462. The standard InChI is InChI=1S/C13H19NO2/c1-14-9-5-4-8-13(16)12-7-3-2-6-11(12)10-15/h2-3,6-7,14-15H,4-5,8-10H2,1H3. The number of aliphatic hydroxyl groups excluding tert-OH is 1. The fourth-order valence-electron chi connectivity index (χ4n) is 1.65. The molecule has 0 fully saturated rings. The Bertz CT molecular complexity index is 336. The Morgan fingerprint density at radius 1 is 1.31 bits per heavy atom. The second-order valence-electron chi connectivity index (χ2n) is 3.80. The summed E-state index contributed by atoms with van der Waals surface area (Å²) in [6.07, 6.45) is 2.45. The molecule has 0 aliphatic rings. The number of rotatable bonds is 7. The molecule has 0 aliphatic heterocycles. The quantitative estimate of drug-likeness (QED) is 0.545. The predicted molar refractivity (Wildman–Crippen MR) is 64.5 cm³/mol. The van der Waals surface area contributed by atoms with Gasteiger partial charge in [0, 0.05) is 12.0 Å². The van der Waals surface area contributed by atoms with Crippen molar-refractivity contribution in [2.45, 2.75) is 25.9 Å². The highest BCUT2D eigenvalue weighted by Gasteiger charge is 2.09. The summed E-state index contributed by atoms with van der Waals surface area (Å²) in [4.78, 5) is 11.9. The highest BCUT2D eigenvalue weighted by atomic mass is 16.3. The lowest BCUT2D eigenvalue weighted by Gasteiger charge is -2.05. The molecule has 0 radical (unpaired) electrons. The third kappa shape index (κ3) is 3.76. The van der Waals surface area contributed by atoms with Crippen LogP contribution in [0.2, 0.25) is 0 Å². The first kappa shape index (κ1) is 12.9. The summed E-state index contributed by atoms with van der Waals surface area (Å²) in [5, 5.41) is 12.2. The van der Waals surface area contributed by atoms with Gasteiger partial charge in [-0.05, 0) is 32.0 Å². The molecule has 0 unspecified atom stereocenters. The maximum absolute atomic E-state index is 11.9. The van der Waals surface area contributed by atoms with Crippen LogP contribution in [0, 0.1) is 0 Å². The number of Topliss-reactive ketones (excluding diaryl/α,β-unsaturated/α-hetero) is 1. The van der Waals surface area contributed by atoms with E-state index in [0.29, 0.717) is 12.0 Å². The molecule has 16 heavy (non-hydrogen) atoms. The molecule has 1 aromatic rings. The van der Waals surface area contributed by atoms with Gasteiger partial charge in [-0.25, -0.2) is 0 Å². The van der Waals surface area contributed by atoms with Crippen molar-refractivity contribution < 1.29 is 9.90 Å². The Balaban J connectivity index is 2.52. The van der Waals surface area contributed by atoms with Gasteiger partial charge in [-0.2, -0.15) is 0 Å². The Morgan fingerprint density at radius 2 is 2.06 bits per heavy atom. The van der Waals surface area contributed by atoms with Crippen molar-refractivity contribution in [1.29, 1.82) is 0 Å². The summed E-state index contributed by atoms with van der Waals surface area (Å²) >= 11 is 0. The van der Waals surface area contributed by atoms with Crippen molar-refractivity contribution >= 4 is 5.78 Å². The van der Waals surface area contributed by atoms with E-state index in [1.54, 1.807) is 12.1 Å². The van der Waals surface area contributed by atoms with Gasteiger partial charge < -0.3 is 10.4 Å². The van der Waals surface area contributed by atoms with Gasteiger partial charge in [0.25, 0.3) is 0 Å². The third-order valence-corrected chi connectivity index (χ3v) is 2.57. The molecule has 0 spiro atoms. The maximum atomic E-state index is 11.9. The van der Waals surface area contributed by atoms with E-state index in [4.69, 9.17) is 5.11 Å². The van der Waals surface area contributed by atoms with Crippen LogP contribution in [0.15, 0.2) is 24.3 Å². The van der Waals surface area contributed by atoms with Crippen LogP contribution < -0.4 is 5.32 Å². The molecule has 0 aromatic heterocycles. The molecule has 88 valence electrons. The largest absolute Gasteiger partial charge is 0.392 e. The first-order valence-electron chi connectivity index (χ1n) is 5.66. The average Bonchev–Trinajstić information content (AvgIpc) is 2.34. The number of carbonyl (C=O) groups excluding carboxylic acids is 1. The van der Waals surface area contributed by atoms with Crippen LogP contribution in [0.25, 0.3) is 0 Å². The lowest BCUT2D eigenvalue weighted by atomic mass is 10.0. The molecule has 3 nitrogen and oxygen atoms in total. The van der Waals surface area contributed by atoms with Crippen LogP contribution in [-0.2, 0) is 6.61 Å². The van der Waals surface area contributed by atoms with Crippen molar-refractivity contribution in [3.8, 4) is 0 Å². The molecule has 0 heterocycles. The van der Waals surface area contributed by atoms with Crippen LogP contribution in [0.1, 0.15) is 35.2 Å². The average molecular weight is 221 g/mol. The minimum atomic E-state index is -0.0710. The molecular formula is C13H19NO2. The Labute approximate surface area is 96.5 Å². The van der Waals surface area contributed by atoms with Crippen LogP contribution >= 0.6 is 0 Å². The predicted octanol–water partition coefficient (Wildman–Crippen LogP) is 1.75. The zero-order chi connectivity index (χ0) is 11.8. The molecule has 0 amide bonds. The normalized spacial score (nSPS) is 10.4. The highest BCUT2D eigenvalue weighted by Crippen LogP contribution is 2.12. The van der Waals surface area contributed by atoms with E-state index >= 15 is 0 Å². The Kier molecular flexibility index (Phi) is 5.75. The highest BCUT2D eigenvalue weighted by molar-refractivity contribution is 5.97. The summed E-state index contributed by atoms with van der Waals surface area (Å²) in [6, 6.07) is 7.25. The van der Waals surface area contributed by atoms with Gasteiger partial charge in [0.15, 0.2) is 5.78 Å². The zero-order valence-corrected chi connectivity index (χ0v) is 9.70. The van der Waals surface area contributed by atoms with E-state index < -0.39 is 0 Å². The summed E-state index contributed by atoms with van der Waals surface area (Å²) in [5.74, 6) is 0.126. The number of unbranched alkanes of at least 4 members (excludes halogenated alkanes) is 1. The number of ketones is 1. The zero-order valence-electron chi connectivity index (χ0n) is 9.70. The number of benzene rings is 1. The van der Waals surface area contributed by atoms with E-state index in [9.17, 15) is 4.79 Å². The van der Waals surface area contributed by atoms with Crippen molar-refractivity contribution in [1.82, 2.24) is 5.32 Å². The lowest BCUT2D eigenvalue weighted by Crippen LogP contribution is -2.09. The number of nitrogens with one attached hydrogen (secondary N) is 1. The van der Waals surface area contributed by atoms with Crippen LogP contribution in [-0.4, -0.2) is 24.5 Å². The number of hydrogen-bond donors (Lipinski definition) is 2. The van der Waals surface area contributed by atoms with Crippen LogP contribution in [0.4, 0.5) is 0 Å². The Morgan fingerprint density at radius 3 is 2.75 bits per heavy atom. The number of aliphatic hydroxyl groups is 1. The van der Waals surface area contributed by atoms with Gasteiger partial charge in [-0.3, -0.25) is 4.79 Å². The molecule has 0 atom stereocenters. The summed E-state index contributed by atoms with van der Waals surface area (Å²) < 4.78 is 0. The van der Waals surface area contributed by atoms with Gasteiger partial charge in [0.1, 0.15) is 0 Å². The van der Waals surface area contributed by atoms with E-state index in [-0.39, 0.29) is 12.4 Å². The minimum absolute atomic E-state index is 0.0710. The van der Waals surface area contributed by atoms with Crippen molar-refractivity contribution in [2.24, 2.45) is 0 Å². The fourth-order valence-corrected chi connectivity index (χ4v) is 1.65. The van der Waals surface area contributed by atoms with E-state index in [0.717, 1.165) is 24.9 Å². The first-order valence-corrected chi connectivity index (χ1v) is 5.66. The lowest BCUT2D eigenvalue weighted by molar-refractivity contribution is 0.0976. The molecule has 0 saturated heterocycles. The van der Waals surface area contributed by atoms with Crippen molar-refractivity contribution in [2.75, 3.05) is 13.6 Å². The molecule has 1 rings (SSSR count). The summed E-state index contributed by atoms with van der Waals surface area (Å²) in [6.45, 7) is 0.868. The van der Waals surface area contributed by atoms with Crippen molar-refractivity contribution in [3.05, 3.63) is 35.4 Å². The van der Waals surface area contributed by atoms with Crippen molar-refractivity contribution in [3.63, 3.8) is 0 Å². The minimum Gasteiger partial charge on any atom is -0.392 e. The second kappa shape index (κ2) is 7.14. The summed E-state index contributed by atoms with van der Waals surface area (Å²) in [7, 11) is 1.91. The SMILES string of the molecule is CNCCCCC(=O)c1ccccc1CO. The third-order valence-electron chi connectivity index (χ3n) is 2.57. The molecule has 2 N–H and O–H groups in total. The molecule has 0 saturated carbocycles. The van der Waals surface area contributed by atoms with Crippen LogP contribution in [0.5, 0.6) is 0 Å². The topological polar surface area (TPSA) is 49.3 Å². The number of carbonyl (C=O) groups is 1. The van der Waals surface area contributed by atoms with Gasteiger partial charge in [0.05, 0.1) is 6.61 Å². The summed E-state index contributed by atoms with van der Waals surface area (Å²) in [5.41, 5.74) is 1.38. The first-order chi connectivity index (χ1) is 7.79. The maximum Gasteiger partial charge on any atom is 0.163 e. The molecule has 1 aromatic carbocycles.